The molecule has 0 unspecified atom stereocenters. The average Bonchev–Trinajstić information content (AvgIpc) is 2.62. The van der Waals surface area contributed by atoms with E-state index < -0.39 is 0 Å². The lowest BCUT2D eigenvalue weighted by atomic mass is 9.98. The summed E-state index contributed by atoms with van der Waals surface area (Å²) in [7, 11) is 3.78. The highest BCUT2D eigenvalue weighted by Gasteiger charge is 2.33. The van der Waals surface area contributed by atoms with E-state index in [9.17, 15) is 9.59 Å². The van der Waals surface area contributed by atoms with Crippen LogP contribution in [0.4, 0.5) is 0 Å². The molecular weight excluding hydrogens is 330 g/mol. The first-order valence-electron chi connectivity index (χ1n) is 8.79. The molecule has 2 heterocycles. The molecular formula is C20H25N3O3. The van der Waals surface area contributed by atoms with Crippen molar-refractivity contribution in [2.45, 2.75) is 19.1 Å². The number of aromatic nitrogens is 1. The maximum absolute atomic E-state index is 12.7. The first-order valence-corrected chi connectivity index (χ1v) is 8.79. The van der Waals surface area contributed by atoms with Crippen molar-refractivity contribution in [3.05, 3.63) is 69.6 Å². The second-order valence-corrected chi connectivity index (χ2v) is 6.82. The predicted molar refractivity (Wildman–Crippen MR) is 100 cm³/mol. The molecule has 3 rings (SSSR count). The van der Waals surface area contributed by atoms with Gasteiger partial charge in [-0.3, -0.25) is 14.5 Å². The maximum Gasteiger partial charge on any atom is 0.260 e. The molecule has 2 atom stereocenters. The van der Waals surface area contributed by atoms with Gasteiger partial charge in [-0.1, -0.05) is 30.3 Å². The fourth-order valence-electron chi connectivity index (χ4n) is 3.43. The molecule has 1 fully saturated rings. The number of H-pyrrole nitrogens is 1. The highest BCUT2D eigenvalue weighted by Crippen LogP contribution is 2.28. The fraction of sp³-hybridized carbons (Fsp3) is 0.400. The van der Waals surface area contributed by atoms with Crippen LogP contribution in [0.2, 0.25) is 0 Å². The topological polar surface area (TPSA) is 65.6 Å². The van der Waals surface area contributed by atoms with Gasteiger partial charge in [0.2, 0.25) is 0 Å². The number of benzene rings is 1. The Bertz CT molecular complexity index is 819. The van der Waals surface area contributed by atoms with Crippen LogP contribution in [0.3, 0.4) is 0 Å². The van der Waals surface area contributed by atoms with Crippen molar-refractivity contribution in [2.24, 2.45) is 0 Å². The number of likely N-dealkylation sites (N-methyl/N-ethyl adjacent to an activating group) is 2. The fourth-order valence-corrected chi connectivity index (χ4v) is 3.43. The summed E-state index contributed by atoms with van der Waals surface area (Å²) in [6.07, 6.45) is -0.158. The Morgan fingerprint density at radius 3 is 2.69 bits per heavy atom. The molecule has 1 aliphatic heterocycles. The Morgan fingerprint density at radius 1 is 1.27 bits per heavy atom. The minimum atomic E-state index is -0.358. The van der Waals surface area contributed by atoms with E-state index in [-0.39, 0.29) is 29.2 Å². The van der Waals surface area contributed by atoms with E-state index in [1.165, 1.54) is 0 Å². The minimum absolute atomic E-state index is 0.0662. The van der Waals surface area contributed by atoms with Gasteiger partial charge >= 0.3 is 0 Å². The molecule has 1 aromatic heterocycles. The van der Waals surface area contributed by atoms with E-state index in [1.54, 1.807) is 31.0 Å². The van der Waals surface area contributed by atoms with Gasteiger partial charge in [0.15, 0.2) is 0 Å². The van der Waals surface area contributed by atoms with Crippen molar-refractivity contribution in [1.29, 1.82) is 0 Å². The zero-order chi connectivity index (χ0) is 18.7. The van der Waals surface area contributed by atoms with Crippen LogP contribution in [0.1, 0.15) is 27.7 Å². The van der Waals surface area contributed by atoms with Gasteiger partial charge < -0.3 is 14.6 Å². The lowest BCUT2D eigenvalue weighted by molar-refractivity contribution is -0.0708. The number of rotatable bonds is 4. The van der Waals surface area contributed by atoms with Gasteiger partial charge in [0.1, 0.15) is 5.56 Å². The van der Waals surface area contributed by atoms with Crippen LogP contribution in [-0.4, -0.2) is 60.6 Å². The summed E-state index contributed by atoms with van der Waals surface area (Å²) in [5.74, 6) is -0.296. The number of carbonyl (C=O) groups is 1. The van der Waals surface area contributed by atoms with Crippen LogP contribution < -0.4 is 5.56 Å². The van der Waals surface area contributed by atoms with Crippen molar-refractivity contribution < 1.29 is 9.53 Å². The van der Waals surface area contributed by atoms with Crippen molar-refractivity contribution in [3.63, 3.8) is 0 Å². The van der Waals surface area contributed by atoms with E-state index in [0.717, 1.165) is 17.8 Å². The SMILES string of the molecule is Cc1ccc(C(=O)N(C)C[C@@H]2OCCN(C)[C@H]2c2ccccc2)c(=O)[nH]1. The number of amides is 1. The largest absolute Gasteiger partial charge is 0.373 e. The van der Waals surface area contributed by atoms with E-state index >= 15 is 0 Å². The number of carbonyl (C=O) groups excluding carboxylic acids is 1. The smallest absolute Gasteiger partial charge is 0.260 e. The summed E-state index contributed by atoms with van der Waals surface area (Å²) < 4.78 is 6.00. The number of aryl methyl sites for hydroxylation is 1. The van der Waals surface area contributed by atoms with Crippen LogP contribution in [-0.2, 0) is 4.74 Å². The van der Waals surface area contributed by atoms with E-state index in [0.29, 0.717) is 13.2 Å². The van der Waals surface area contributed by atoms with Crippen molar-refractivity contribution >= 4 is 5.91 Å². The molecule has 26 heavy (non-hydrogen) atoms. The third-order valence-corrected chi connectivity index (χ3v) is 4.83. The molecule has 1 aliphatic rings. The van der Waals surface area contributed by atoms with E-state index in [1.807, 2.05) is 18.2 Å². The number of morpholine rings is 1. The average molecular weight is 355 g/mol. The summed E-state index contributed by atoms with van der Waals surface area (Å²) >= 11 is 0. The van der Waals surface area contributed by atoms with Gasteiger partial charge in [-0.15, -0.1) is 0 Å². The summed E-state index contributed by atoms with van der Waals surface area (Å²) in [5, 5.41) is 0. The van der Waals surface area contributed by atoms with Crippen LogP contribution in [0.25, 0.3) is 0 Å². The third-order valence-electron chi connectivity index (χ3n) is 4.83. The second kappa shape index (κ2) is 7.85. The van der Waals surface area contributed by atoms with Crippen molar-refractivity contribution in [2.75, 3.05) is 33.8 Å². The molecule has 0 spiro atoms. The number of ether oxygens (including phenoxy) is 1. The highest BCUT2D eigenvalue weighted by atomic mass is 16.5. The summed E-state index contributed by atoms with van der Waals surface area (Å²) in [5.41, 5.74) is 1.69. The normalized spacial score (nSPS) is 20.7. The van der Waals surface area contributed by atoms with E-state index in [2.05, 4.69) is 29.1 Å². The lowest BCUT2D eigenvalue weighted by Gasteiger charge is -2.40. The van der Waals surface area contributed by atoms with Gasteiger partial charge in [0.05, 0.1) is 18.8 Å². The highest BCUT2D eigenvalue weighted by molar-refractivity contribution is 5.93. The van der Waals surface area contributed by atoms with Crippen LogP contribution in [0.5, 0.6) is 0 Å². The maximum atomic E-state index is 12.7. The number of aromatic amines is 1. The summed E-state index contributed by atoms with van der Waals surface area (Å²) in [6, 6.07) is 13.5. The molecule has 138 valence electrons. The third kappa shape index (κ3) is 3.86. The second-order valence-electron chi connectivity index (χ2n) is 6.82. The van der Waals surface area contributed by atoms with E-state index in [4.69, 9.17) is 4.74 Å². The number of nitrogens with one attached hydrogen (secondary N) is 1. The Balaban J connectivity index is 1.79. The van der Waals surface area contributed by atoms with Gasteiger partial charge in [-0.25, -0.2) is 0 Å². The van der Waals surface area contributed by atoms with Crippen molar-refractivity contribution in [3.8, 4) is 0 Å². The van der Waals surface area contributed by atoms with Gasteiger partial charge in [-0.2, -0.15) is 0 Å². The minimum Gasteiger partial charge on any atom is -0.373 e. The first-order chi connectivity index (χ1) is 12.5. The lowest BCUT2D eigenvalue weighted by Crippen LogP contribution is -2.49. The quantitative estimate of drug-likeness (QED) is 0.909. The molecule has 6 nitrogen and oxygen atoms in total. The summed E-state index contributed by atoms with van der Waals surface area (Å²) in [4.78, 5) is 31.3. The molecule has 0 radical (unpaired) electrons. The molecule has 2 aromatic rings. The number of nitrogens with zero attached hydrogens (tertiary/aromatic N) is 2. The van der Waals surface area contributed by atoms with Crippen molar-refractivity contribution in [1.82, 2.24) is 14.8 Å². The zero-order valence-corrected chi connectivity index (χ0v) is 15.4. The molecule has 0 aliphatic carbocycles. The Morgan fingerprint density at radius 2 is 2.00 bits per heavy atom. The van der Waals surface area contributed by atoms with Crippen LogP contribution in [0.15, 0.2) is 47.3 Å². The van der Waals surface area contributed by atoms with Crippen LogP contribution in [0, 0.1) is 6.92 Å². The first kappa shape index (κ1) is 18.4. The molecule has 1 amide bonds. The molecule has 1 saturated heterocycles. The van der Waals surface area contributed by atoms with Gasteiger partial charge in [0, 0.05) is 25.8 Å². The Hall–Kier alpha value is -2.44. The number of hydrogen-bond acceptors (Lipinski definition) is 4. The summed E-state index contributed by atoms with van der Waals surface area (Å²) in [6.45, 7) is 3.66. The number of hydrogen-bond donors (Lipinski definition) is 1. The van der Waals surface area contributed by atoms with Crippen LogP contribution >= 0.6 is 0 Å². The molecule has 1 N–H and O–H groups in total. The Kier molecular flexibility index (Phi) is 5.54. The zero-order valence-electron chi connectivity index (χ0n) is 15.4. The van der Waals surface area contributed by atoms with Gasteiger partial charge in [0.25, 0.3) is 11.5 Å². The molecule has 0 saturated carbocycles. The number of pyridine rings is 1. The molecule has 0 bridgehead atoms. The predicted octanol–water partition coefficient (Wildman–Crippen LogP) is 1.83. The molecule has 6 heteroatoms. The standard InChI is InChI=1S/C20H25N3O3/c1-14-9-10-16(19(24)21-14)20(25)23(3)13-17-18(22(2)11-12-26-17)15-7-5-4-6-8-15/h4-10,17-18H,11-13H2,1-3H3,(H,21,24)/t17-,18-/m0/s1. The van der Waals surface area contributed by atoms with Gasteiger partial charge in [-0.05, 0) is 31.7 Å². The monoisotopic (exact) mass is 355 g/mol. The Labute approximate surface area is 153 Å². The molecule has 1 aromatic carbocycles.